The van der Waals surface area contributed by atoms with Crippen LogP contribution in [0.15, 0.2) is 0 Å². The van der Waals surface area contributed by atoms with E-state index < -0.39 is 10.8 Å². The number of hydrogen-bond acceptors (Lipinski definition) is 5. The molecule has 1 atom stereocenters. The summed E-state index contributed by atoms with van der Waals surface area (Å²) in [6.45, 7) is 4.65. The first-order chi connectivity index (χ1) is 8.08. The Hall–Kier alpha value is -1.17. The molecule has 0 aliphatic heterocycles. The number of aryl methyl sites for hydroxylation is 1. The molecule has 0 amide bonds. The maximum Gasteiger partial charge on any atom is 0.134 e. The third-order valence-corrected chi connectivity index (χ3v) is 3.21. The lowest BCUT2D eigenvalue weighted by Crippen LogP contribution is -2.14. The van der Waals surface area contributed by atoms with E-state index in [1.807, 2.05) is 20.9 Å². The maximum atomic E-state index is 11.0. The Morgan fingerprint density at radius 1 is 1.29 bits per heavy atom. The monoisotopic (exact) mass is 256 g/mol. The highest BCUT2D eigenvalue weighted by Crippen LogP contribution is 2.19. The number of nitrogens with one attached hydrogen (secondary N) is 2. The summed E-state index contributed by atoms with van der Waals surface area (Å²) in [4.78, 5) is 8.83. The number of aromatic nitrogens is 2. The molecule has 0 bridgehead atoms. The highest BCUT2D eigenvalue weighted by Gasteiger charge is 2.08. The molecule has 0 radical (unpaired) electrons. The van der Waals surface area contributed by atoms with Crippen molar-refractivity contribution in [3.8, 4) is 0 Å². The molecule has 1 aromatic rings. The minimum Gasteiger partial charge on any atom is -0.373 e. The van der Waals surface area contributed by atoms with Gasteiger partial charge in [0.05, 0.1) is 0 Å². The van der Waals surface area contributed by atoms with Gasteiger partial charge in [-0.15, -0.1) is 0 Å². The van der Waals surface area contributed by atoms with Crippen LogP contribution < -0.4 is 10.6 Å². The van der Waals surface area contributed by atoms with Crippen LogP contribution in [0.5, 0.6) is 0 Å². The van der Waals surface area contributed by atoms with Crippen molar-refractivity contribution < 1.29 is 4.21 Å². The van der Waals surface area contributed by atoms with Crippen LogP contribution in [-0.4, -0.2) is 39.8 Å². The first-order valence-electron chi connectivity index (χ1n) is 5.67. The second-order valence-corrected chi connectivity index (χ2v) is 5.32. The van der Waals surface area contributed by atoms with E-state index in [-0.39, 0.29) is 0 Å². The fourth-order valence-corrected chi connectivity index (χ4v) is 1.84. The van der Waals surface area contributed by atoms with Gasteiger partial charge in [0.15, 0.2) is 0 Å². The van der Waals surface area contributed by atoms with Crippen LogP contribution in [0.3, 0.4) is 0 Å². The summed E-state index contributed by atoms with van der Waals surface area (Å²) in [5.74, 6) is 3.10. The molecule has 96 valence electrons. The first-order valence-corrected chi connectivity index (χ1v) is 7.40. The molecule has 0 spiro atoms. The fraction of sp³-hybridized carbons (Fsp3) is 0.636. The SMILES string of the molecule is CCc1nc(NC)c(C)c(NCCS(C)=O)n1. The lowest BCUT2D eigenvalue weighted by Gasteiger charge is -2.12. The average molecular weight is 256 g/mol. The molecule has 1 aromatic heterocycles. The number of nitrogens with zero attached hydrogens (tertiary/aromatic N) is 2. The first kappa shape index (κ1) is 13.9. The Morgan fingerprint density at radius 3 is 2.47 bits per heavy atom. The van der Waals surface area contributed by atoms with Crippen LogP contribution in [-0.2, 0) is 17.2 Å². The zero-order chi connectivity index (χ0) is 12.8. The van der Waals surface area contributed by atoms with E-state index in [0.29, 0.717) is 12.3 Å². The van der Waals surface area contributed by atoms with Crippen molar-refractivity contribution in [2.45, 2.75) is 20.3 Å². The molecule has 0 aliphatic rings. The Morgan fingerprint density at radius 2 is 1.94 bits per heavy atom. The number of rotatable bonds is 6. The summed E-state index contributed by atoms with van der Waals surface area (Å²) >= 11 is 0. The van der Waals surface area contributed by atoms with Crippen LogP contribution in [0.1, 0.15) is 18.3 Å². The minimum atomic E-state index is -0.782. The van der Waals surface area contributed by atoms with Gasteiger partial charge in [0.25, 0.3) is 0 Å². The molecule has 1 unspecified atom stereocenters. The Bertz CT molecular complexity index is 409. The van der Waals surface area contributed by atoms with Gasteiger partial charge in [-0.1, -0.05) is 6.92 Å². The van der Waals surface area contributed by atoms with E-state index in [4.69, 9.17) is 0 Å². The standard InChI is InChI=1S/C11H20N4OS/c1-5-9-14-10(12-3)8(2)11(15-9)13-6-7-17(4)16/h5-7H2,1-4H3,(H2,12,13,14,15). The van der Waals surface area contributed by atoms with Crippen molar-refractivity contribution in [2.75, 3.05) is 36.2 Å². The van der Waals surface area contributed by atoms with Crippen LogP contribution >= 0.6 is 0 Å². The molecule has 17 heavy (non-hydrogen) atoms. The number of hydrogen-bond donors (Lipinski definition) is 2. The molecule has 0 aliphatic carbocycles. The van der Waals surface area contributed by atoms with E-state index in [1.54, 1.807) is 6.26 Å². The molecule has 0 saturated heterocycles. The predicted octanol–water partition coefficient (Wildman–Crippen LogP) is 1.18. The van der Waals surface area contributed by atoms with E-state index in [1.165, 1.54) is 0 Å². The van der Waals surface area contributed by atoms with Crippen molar-refractivity contribution in [1.29, 1.82) is 0 Å². The molecular weight excluding hydrogens is 236 g/mol. The Balaban J connectivity index is 2.85. The molecule has 0 aromatic carbocycles. The van der Waals surface area contributed by atoms with Crippen molar-refractivity contribution in [2.24, 2.45) is 0 Å². The average Bonchev–Trinajstić information content (AvgIpc) is 2.31. The van der Waals surface area contributed by atoms with E-state index in [9.17, 15) is 4.21 Å². The zero-order valence-electron chi connectivity index (χ0n) is 10.8. The van der Waals surface area contributed by atoms with E-state index in [2.05, 4.69) is 20.6 Å². The van der Waals surface area contributed by atoms with Gasteiger partial charge < -0.3 is 10.6 Å². The van der Waals surface area contributed by atoms with Crippen molar-refractivity contribution in [3.63, 3.8) is 0 Å². The van der Waals surface area contributed by atoms with Gasteiger partial charge in [-0.25, -0.2) is 9.97 Å². The topological polar surface area (TPSA) is 66.9 Å². The zero-order valence-corrected chi connectivity index (χ0v) is 11.6. The third kappa shape index (κ3) is 3.96. The lowest BCUT2D eigenvalue weighted by atomic mass is 10.3. The highest BCUT2D eigenvalue weighted by molar-refractivity contribution is 7.84. The van der Waals surface area contributed by atoms with Gasteiger partial charge in [-0.05, 0) is 6.92 Å². The van der Waals surface area contributed by atoms with Crippen LogP contribution in [0, 0.1) is 6.92 Å². The van der Waals surface area contributed by atoms with Crippen molar-refractivity contribution in [1.82, 2.24) is 9.97 Å². The fourth-order valence-electron chi connectivity index (χ4n) is 1.45. The molecule has 5 nitrogen and oxygen atoms in total. The second kappa shape index (κ2) is 6.54. The summed E-state index contributed by atoms with van der Waals surface area (Å²) in [6.07, 6.45) is 2.49. The Kier molecular flexibility index (Phi) is 5.34. The van der Waals surface area contributed by atoms with Crippen LogP contribution in [0.25, 0.3) is 0 Å². The van der Waals surface area contributed by atoms with Crippen molar-refractivity contribution >= 4 is 22.4 Å². The van der Waals surface area contributed by atoms with Gasteiger partial charge in [0, 0.05) is 48.4 Å². The molecule has 0 fully saturated rings. The normalized spacial score (nSPS) is 12.2. The van der Waals surface area contributed by atoms with E-state index in [0.717, 1.165) is 29.4 Å². The quantitative estimate of drug-likeness (QED) is 0.800. The molecule has 2 N–H and O–H groups in total. The molecule has 6 heteroatoms. The van der Waals surface area contributed by atoms with Crippen molar-refractivity contribution in [3.05, 3.63) is 11.4 Å². The van der Waals surface area contributed by atoms with Gasteiger partial charge in [-0.3, -0.25) is 4.21 Å². The van der Waals surface area contributed by atoms with Crippen LogP contribution in [0.2, 0.25) is 0 Å². The maximum absolute atomic E-state index is 11.0. The third-order valence-electron chi connectivity index (χ3n) is 2.43. The number of anilines is 2. The molecule has 1 heterocycles. The largest absolute Gasteiger partial charge is 0.373 e. The van der Waals surface area contributed by atoms with Crippen LogP contribution in [0.4, 0.5) is 11.6 Å². The predicted molar refractivity (Wildman–Crippen MR) is 73.1 cm³/mol. The van der Waals surface area contributed by atoms with Gasteiger partial charge in [0.1, 0.15) is 17.5 Å². The summed E-state index contributed by atoms with van der Waals surface area (Å²) in [5.41, 5.74) is 0.992. The highest BCUT2D eigenvalue weighted by atomic mass is 32.2. The summed E-state index contributed by atoms with van der Waals surface area (Å²) in [6, 6.07) is 0. The van der Waals surface area contributed by atoms with Gasteiger partial charge in [-0.2, -0.15) is 0 Å². The lowest BCUT2D eigenvalue weighted by molar-refractivity contribution is 0.687. The molecule has 0 saturated carbocycles. The van der Waals surface area contributed by atoms with Gasteiger partial charge in [0.2, 0.25) is 0 Å². The summed E-state index contributed by atoms with van der Waals surface area (Å²) in [5, 5.41) is 6.27. The summed E-state index contributed by atoms with van der Waals surface area (Å²) < 4.78 is 11.0. The van der Waals surface area contributed by atoms with E-state index >= 15 is 0 Å². The molecule has 1 rings (SSSR count). The smallest absolute Gasteiger partial charge is 0.134 e. The van der Waals surface area contributed by atoms with Gasteiger partial charge >= 0.3 is 0 Å². The second-order valence-electron chi connectivity index (χ2n) is 3.77. The molecular formula is C11H20N4OS. The minimum absolute atomic E-state index is 0.625. The Labute approximate surface area is 105 Å². The summed E-state index contributed by atoms with van der Waals surface area (Å²) in [7, 11) is 1.07.